The summed E-state index contributed by atoms with van der Waals surface area (Å²) in [7, 11) is 1.77. The minimum Gasteiger partial charge on any atom is -0.396 e. The number of aliphatic hydroxyl groups excluding tert-OH is 1. The van der Waals surface area contributed by atoms with Gasteiger partial charge in [0, 0.05) is 38.0 Å². The zero-order valence-electron chi connectivity index (χ0n) is 20.6. The second-order valence-electron chi connectivity index (χ2n) is 10.2. The molecule has 1 spiro atoms. The predicted octanol–water partition coefficient (Wildman–Crippen LogP) is 3.12. The van der Waals surface area contributed by atoms with Gasteiger partial charge in [0.2, 0.25) is 11.8 Å². The van der Waals surface area contributed by atoms with Crippen LogP contribution in [0.4, 0.5) is 5.69 Å². The standard InChI is InChI=1S/C27H32ClN3O4S/c1-26-12-8-14-29(2)23(33)20(26)21-24(34)31(15-6-3-7-17-32)22-25(35)30(16-9-13-27(21,22)36-26)19-11-5-4-10-18(19)28/h4-5,8-13,20-22,32H,3,6-7,14-17H2,1-2H3/t20-,21+,22?,26+,27+/m1/s1. The molecule has 0 aliphatic carbocycles. The Balaban J connectivity index is 1.61. The van der Waals surface area contributed by atoms with E-state index in [1.165, 1.54) is 0 Å². The Hall–Kier alpha value is -2.29. The fraction of sp³-hybridized carbons (Fsp3) is 0.519. The second-order valence-corrected chi connectivity index (χ2v) is 12.4. The first-order valence-corrected chi connectivity index (χ1v) is 13.7. The molecule has 4 aliphatic rings. The van der Waals surface area contributed by atoms with Gasteiger partial charge in [-0.25, -0.2) is 0 Å². The van der Waals surface area contributed by atoms with E-state index in [9.17, 15) is 19.5 Å². The van der Waals surface area contributed by atoms with Gasteiger partial charge in [0.25, 0.3) is 5.91 Å². The van der Waals surface area contributed by atoms with Gasteiger partial charge < -0.3 is 19.8 Å². The number of fused-ring (bicyclic) bond motifs is 2. The first-order valence-electron chi connectivity index (χ1n) is 12.5. The lowest BCUT2D eigenvalue weighted by Gasteiger charge is -2.37. The molecule has 1 N–H and O–H groups in total. The van der Waals surface area contributed by atoms with Crippen molar-refractivity contribution in [1.29, 1.82) is 0 Å². The second kappa shape index (κ2) is 9.54. The van der Waals surface area contributed by atoms with Gasteiger partial charge in [-0.1, -0.05) is 48.0 Å². The summed E-state index contributed by atoms with van der Waals surface area (Å²) in [4.78, 5) is 47.2. The number of aliphatic hydroxyl groups is 1. The molecule has 0 bridgehead atoms. The van der Waals surface area contributed by atoms with Crippen molar-refractivity contribution in [2.24, 2.45) is 11.8 Å². The highest BCUT2D eigenvalue weighted by Gasteiger charge is 2.73. The zero-order chi connectivity index (χ0) is 25.7. The Morgan fingerprint density at radius 2 is 1.75 bits per heavy atom. The highest BCUT2D eigenvalue weighted by molar-refractivity contribution is 8.02. The van der Waals surface area contributed by atoms with Gasteiger partial charge in [-0.3, -0.25) is 14.4 Å². The molecule has 7 nitrogen and oxygen atoms in total. The van der Waals surface area contributed by atoms with Crippen LogP contribution >= 0.6 is 23.4 Å². The van der Waals surface area contributed by atoms with E-state index in [1.54, 1.807) is 39.6 Å². The average Bonchev–Trinajstić information content (AvgIpc) is 3.12. The summed E-state index contributed by atoms with van der Waals surface area (Å²) >= 11 is 8.08. The number of carbonyl (C=O) groups is 3. The third kappa shape index (κ3) is 3.80. The highest BCUT2D eigenvalue weighted by atomic mass is 35.5. The zero-order valence-corrected chi connectivity index (χ0v) is 22.2. The van der Waals surface area contributed by atoms with Crippen molar-refractivity contribution in [3.63, 3.8) is 0 Å². The maximum absolute atomic E-state index is 14.4. The molecule has 36 heavy (non-hydrogen) atoms. The number of benzene rings is 1. The van der Waals surface area contributed by atoms with Crippen LogP contribution in [0.3, 0.4) is 0 Å². The van der Waals surface area contributed by atoms with Crippen LogP contribution in [0.5, 0.6) is 0 Å². The normalized spacial score (nSPS) is 33.5. The predicted molar refractivity (Wildman–Crippen MR) is 142 cm³/mol. The fourth-order valence-electron chi connectivity index (χ4n) is 6.34. The Kier molecular flexibility index (Phi) is 6.72. The number of hydrogen-bond donors (Lipinski definition) is 1. The van der Waals surface area contributed by atoms with Gasteiger partial charge >= 0.3 is 0 Å². The molecule has 1 aromatic carbocycles. The van der Waals surface area contributed by atoms with Gasteiger partial charge in [0.05, 0.1) is 27.3 Å². The van der Waals surface area contributed by atoms with E-state index in [1.807, 2.05) is 43.4 Å². The smallest absolute Gasteiger partial charge is 0.251 e. The van der Waals surface area contributed by atoms with Gasteiger partial charge in [0.1, 0.15) is 6.04 Å². The number of para-hydroxylation sites is 1. The molecule has 4 aliphatic heterocycles. The molecule has 5 rings (SSSR count). The molecule has 1 aromatic rings. The van der Waals surface area contributed by atoms with E-state index in [-0.39, 0.29) is 24.3 Å². The molecular weight excluding hydrogens is 498 g/mol. The Labute approximate surface area is 221 Å². The fourth-order valence-corrected chi connectivity index (χ4v) is 8.74. The van der Waals surface area contributed by atoms with E-state index in [0.29, 0.717) is 43.2 Å². The first-order chi connectivity index (χ1) is 17.2. The monoisotopic (exact) mass is 529 g/mol. The number of likely N-dealkylation sites (tertiary alicyclic amines) is 1. The van der Waals surface area contributed by atoms with Crippen molar-refractivity contribution in [3.05, 3.63) is 53.6 Å². The maximum Gasteiger partial charge on any atom is 0.251 e. The number of nitrogens with zero attached hydrogens (tertiary/aromatic N) is 3. The number of amides is 3. The van der Waals surface area contributed by atoms with Crippen LogP contribution in [0.1, 0.15) is 26.2 Å². The lowest BCUT2D eigenvalue weighted by Crippen LogP contribution is -2.53. The number of carbonyl (C=O) groups excluding carboxylic acids is 3. The molecule has 3 amide bonds. The number of unbranched alkanes of at least 4 members (excludes halogenated alkanes) is 2. The van der Waals surface area contributed by atoms with E-state index >= 15 is 0 Å². The van der Waals surface area contributed by atoms with E-state index < -0.39 is 27.4 Å². The van der Waals surface area contributed by atoms with Crippen molar-refractivity contribution in [2.45, 2.75) is 41.7 Å². The number of likely N-dealkylation sites (N-methyl/N-ethyl adjacent to an activating group) is 1. The molecule has 2 fully saturated rings. The van der Waals surface area contributed by atoms with Gasteiger partial charge in [-0.15, -0.1) is 11.8 Å². The molecule has 9 heteroatoms. The average molecular weight is 530 g/mol. The van der Waals surface area contributed by atoms with Gasteiger partial charge in [0.15, 0.2) is 0 Å². The van der Waals surface area contributed by atoms with Crippen molar-refractivity contribution < 1.29 is 19.5 Å². The molecule has 1 unspecified atom stereocenters. The summed E-state index contributed by atoms with van der Waals surface area (Å²) < 4.78 is -1.47. The Morgan fingerprint density at radius 3 is 2.50 bits per heavy atom. The summed E-state index contributed by atoms with van der Waals surface area (Å²) in [5.41, 5.74) is 0.612. The Bertz CT molecular complexity index is 1140. The minimum absolute atomic E-state index is 0.0563. The first kappa shape index (κ1) is 25.4. The molecular formula is C27H32ClN3O4S. The summed E-state index contributed by atoms with van der Waals surface area (Å²) in [6, 6.07) is 6.49. The maximum atomic E-state index is 14.4. The SMILES string of the molecule is CN1CC=C[C@]2(C)S[C@]34C=CCN(c5ccccc5Cl)C(=O)C3N(CCCCCO)C(=O)[C@@H]4[C@@H]2C1=O. The third-order valence-corrected chi connectivity index (χ3v) is 10.1. The Morgan fingerprint density at radius 1 is 1.00 bits per heavy atom. The lowest BCUT2D eigenvalue weighted by atomic mass is 9.74. The van der Waals surface area contributed by atoms with Crippen molar-refractivity contribution in [3.8, 4) is 0 Å². The van der Waals surface area contributed by atoms with Crippen LogP contribution in [-0.4, -0.2) is 81.5 Å². The highest BCUT2D eigenvalue weighted by Crippen LogP contribution is 2.65. The van der Waals surface area contributed by atoms with Gasteiger partial charge in [-0.2, -0.15) is 0 Å². The van der Waals surface area contributed by atoms with Crippen LogP contribution < -0.4 is 4.90 Å². The van der Waals surface area contributed by atoms with Crippen LogP contribution in [0, 0.1) is 11.8 Å². The van der Waals surface area contributed by atoms with Crippen molar-refractivity contribution >= 4 is 46.8 Å². The number of hydrogen-bond acceptors (Lipinski definition) is 5. The largest absolute Gasteiger partial charge is 0.396 e. The van der Waals surface area contributed by atoms with E-state index in [0.717, 1.165) is 6.42 Å². The molecule has 192 valence electrons. The summed E-state index contributed by atoms with van der Waals surface area (Å²) in [5.74, 6) is -1.57. The topological polar surface area (TPSA) is 81.2 Å². The van der Waals surface area contributed by atoms with Crippen LogP contribution in [0.2, 0.25) is 5.02 Å². The molecule has 5 atom stereocenters. The van der Waals surface area contributed by atoms with E-state index in [2.05, 4.69) is 6.08 Å². The van der Waals surface area contributed by atoms with E-state index in [4.69, 9.17) is 11.6 Å². The van der Waals surface area contributed by atoms with Gasteiger partial charge in [-0.05, 0) is 38.3 Å². The third-order valence-electron chi connectivity index (χ3n) is 7.96. The van der Waals surface area contributed by atoms with Crippen molar-refractivity contribution in [1.82, 2.24) is 9.80 Å². The van der Waals surface area contributed by atoms with Crippen LogP contribution in [0.15, 0.2) is 48.6 Å². The molecule has 4 heterocycles. The molecule has 0 saturated carbocycles. The van der Waals surface area contributed by atoms with Crippen LogP contribution in [-0.2, 0) is 14.4 Å². The molecule has 0 aromatic heterocycles. The van der Waals surface area contributed by atoms with Crippen molar-refractivity contribution in [2.75, 3.05) is 38.2 Å². The summed E-state index contributed by atoms with van der Waals surface area (Å²) in [6.07, 6.45) is 10.1. The molecule has 0 radical (unpaired) electrons. The summed E-state index contributed by atoms with van der Waals surface area (Å²) in [5, 5.41) is 9.69. The minimum atomic E-state index is -0.862. The number of rotatable bonds is 6. The van der Waals surface area contributed by atoms with Crippen LogP contribution in [0.25, 0.3) is 0 Å². The molecule has 2 saturated heterocycles. The number of thioether (sulfide) groups is 1. The quantitative estimate of drug-likeness (QED) is 0.452. The number of halogens is 1. The number of anilines is 1. The lowest BCUT2D eigenvalue weighted by molar-refractivity contribution is -0.143. The summed E-state index contributed by atoms with van der Waals surface area (Å²) in [6.45, 7) is 3.36.